The summed E-state index contributed by atoms with van der Waals surface area (Å²) in [6, 6.07) is 0. The van der Waals surface area contributed by atoms with Gasteiger partial charge < -0.3 is 35.8 Å². The summed E-state index contributed by atoms with van der Waals surface area (Å²) in [4.78, 5) is 9.90. The minimum absolute atomic E-state index is 0. The molecule has 0 aromatic carbocycles. The molecule has 0 aromatic rings. The topological polar surface area (TPSA) is 150 Å². The lowest BCUT2D eigenvalue weighted by Crippen LogP contribution is -2.46. The molecular formula is C6H14O7. The van der Waals surface area contributed by atoms with E-state index in [-0.39, 0.29) is 11.8 Å². The van der Waals surface area contributed by atoms with Gasteiger partial charge in [0.15, 0.2) is 6.29 Å². The van der Waals surface area contributed by atoms with E-state index in [1.165, 1.54) is 0 Å². The summed E-state index contributed by atoms with van der Waals surface area (Å²) in [6.07, 6.45) is -6.84. The van der Waals surface area contributed by atoms with Gasteiger partial charge in [-0.05, 0) is 0 Å². The Kier molecular flexibility index (Phi) is 7.92. The zero-order chi connectivity index (χ0) is 9.72. The number of aliphatic hydroxyl groups is 5. The first-order valence-electron chi connectivity index (χ1n) is 3.33. The maximum Gasteiger partial charge on any atom is 0.151 e. The Balaban J connectivity index is 0. The van der Waals surface area contributed by atoms with E-state index in [1.807, 2.05) is 0 Å². The van der Waals surface area contributed by atoms with Crippen LogP contribution in [0.25, 0.3) is 0 Å². The zero-order valence-corrected chi connectivity index (χ0v) is 6.74. The van der Waals surface area contributed by atoms with Gasteiger partial charge in [0.1, 0.15) is 24.4 Å². The maximum atomic E-state index is 9.90. The van der Waals surface area contributed by atoms with Crippen LogP contribution >= 0.6 is 0 Å². The first-order valence-corrected chi connectivity index (χ1v) is 3.33. The SMILES string of the molecule is O.O=C[C@@H](O)[C@@H](O)[C@@H](O)[C@H](O)CO. The molecule has 0 bridgehead atoms. The molecule has 0 spiro atoms. The molecule has 0 fully saturated rings. The van der Waals surface area contributed by atoms with Crippen LogP contribution in [0.2, 0.25) is 0 Å². The van der Waals surface area contributed by atoms with Crippen LogP contribution in [-0.4, -0.2) is 68.3 Å². The van der Waals surface area contributed by atoms with Crippen LogP contribution < -0.4 is 0 Å². The summed E-state index contributed by atoms with van der Waals surface area (Å²) in [7, 11) is 0. The third kappa shape index (κ3) is 4.27. The molecule has 0 aliphatic heterocycles. The Bertz CT molecular complexity index is 139. The fourth-order valence-corrected chi connectivity index (χ4v) is 0.618. The number of rotatable bonds is 5. The van der Waals surface area contributed by atoms with Crippen molar-refractivity contribution in [3.8, 4) is 0 Å². The Morgan fingerprint density at radius 3 is 1.85 bits per heavy atom. The molecule has 7 N–H and O–H groups in total. The van der Waals surface area contributed by atoms with Crippen molar-refractivity contribution in [2.75, 3.05) is 6.61 Å². The number of hydrogen-bond donors (Lipinski definition) is 5. The van der Waals surface area contributed by atoms with Crippen molar-refractivity contribution in [2.45, 2.75) is 24.4 Å². The van der Waals surface area contributed by atoms with Gasteiger partial charge in [0.05, 0.1) is 6.61 Å². The van der Waals surface area contributed by atoms with Gasteiger partial charge in [-0.1, -0.05) is 0 Å². The second kappa shape index (κ2) is 6.89. The van der Waals surface area contributed by atoms with E-state index in [4.69, 9.17) is 25.5 Å². The number of hydrogen-bond acceptors (Lipinski definition) is 6. The summed E-state index contributed by atoms with van der Waals surface area (Å²) in [5.74, 6) is 0. The van der Waals surface area contributed by atoms with Gasteiger partial charge in [0, 0.05) is 0 Å². The first kappa shape index (κ1) is 14.9. The predicted molar refractivity (Wildman–Crippen MR) is 40.8 cm³/mol. The highest BCUT2D eigenvalue weighted by Gasteiger charge is 2.29. The maximum absolute atomic E-state index is 9.90. The Morgan fingerprint density at radius 2 is 1.54 bits per heavy atom. The van der Waals surface area contributed by atoms with E-state index in [0.29, 0.717) is 0 Å². The molecule has 0 rings (SSSR count). The highest BCUT2D eigenvalue weighted by Crippen LogP contribution is 2.02. The standard InChI is InChI=1S/C6H12O6.H2O/c7-1-3(9)5(11)6(12)4(10)2-8;/h1,3-6,8-12H,2H2;1H2/t3-,4-,5-,6+;/m1./s1. The van der Waals surface area contributed by atoms with Crippen molar-refractivity contribution < 1.29 is 35.8 Å². The fraction of sp³-hybridized carbons (Fsp3) is 0.833. The Morgan fingerprint density at radius 1 is 1.08 bits per heavy atom. The van der Waals surface area contributed by atoms with E-state index in [0.717, 1.165) is 0 Å². The van der Waals surface area contributed by atoms with E-state index in [9.17, 15) is 4.79 Å². The molecule has 7 nitrogen and oxygen atoms in total. The van der Waals surface area contributed by atoms with Crippen molar-refractivity contribution in [3.63, 3.8) is 0 Å². The predicted octanol–water partition coefficient (Wildman–Crippen LogP) is -4.20. The fourth-order valence-electron chi connectivity index (χ4n) is 0.618. The monoisotopic (exact) mass is 198 g/mol. The van der Waals surface area contributed by atoms with Crippen LogP contribution in [-0.2, 0) is 4.79 Å². The third-order valence-electron chi connectivity index (χ3n) is 1.42. The van der Waals surface area contributed by atoms with Gasteiger partial charge in [0.25, 0.3) is 0 Å². The molecule has 0 heterocycles. The van der Waals surface area contributed by atoms with E-state index in [2.05, 4.69) is 0 Å². The number of aldehydes is 1. The molecule has 80 valence electrons. The quantitative estimate of drug-likeness (QED) is 0.283. The third-order valence-corrected chi connectivity index (χ3v) is 1.42. The average Bonchev–Trinajstić information content (AvgIpc) is 2.12. The number of aliphatic hydroxyl groups excluding tert-OH is 5. The number of carbonyl (C=O) groups is 1. The van der Waals surface area contributed by atoms with Crippen molar-refractivity contribution in [3.05, 3.63) is 0 Å². The summed E-state index contributed by atoms with van der Waals surface area (Å²) >= 11 is 0. The van der Waals surface area contributed by atoms with Gasteiger partial charge in [-0.25, -0.2) is 0 Å². The zero-order valence-electron chi connectivity index (χ0n) is 6.74. The Labute approximate surface area is 74.2 Å². The molecule has 0 unspecified atom stereocenters. The molecule has 0 aromatic heterocycles. The van der Waals surface area contributed by atoms with Crippen molar-refractivity contribution in [1.82, 2.24) is 0 Å². The minimum Gasteiger partial charge on any atom is -0.412 e. The summed E-state index contributed by atoms with van der Waals surface area (Å²) < 4.78 is 0. The summed E-state index contributed by atoms with van der Waals surface area (Å²) in [6.45, 7) is -0.760. The molecule has 7 heteroatoms. The molecule has 0 radical (unpaired) electrons. The lowest BCUT2D eigenvalue weighted by atomic mass is 10.0. The second-order valence-electron chi connectivity index (χ2n) is 2.36. The lowest BCUT2D eigenvalue weighted by molar-refractivity contribution is -0.136. The van der Waals surface area contributed by atoms with Crippen LogP contribution in [0, 0.1) is 0 Å². The molecular weight excluding hydrogens is 184 g/mol. The molecule has 0 saturated heterocycles. The summed E-state index contributed by atoms with van der Waals surface area (Å²) in [5.41, 5.74) is 0. The molecule has 4 atom stereocenters. The van der Waals surface area contributed by atoms with Gasteiger partial charge >= 0.3 is 0 Å². The minimum atomic E-state index is -1.79. The van der Waals surface area contributed by atoms with Crippen LogP contribution in [0.1, 0.15) is 0 Å². The molecule has 13 heavy (non-hydrogen) atoms. The van der Waals surface area contributed by atoms with E-state index in [1.54, 1.807) is 0 Å². The van der Waals surface area contributed by atoms with Gasteiger partial charge in [0.2, 0.25) is 0 Å². The molecule has 0 aliphatic rings. The van der Waals surface area contributed by atoms with Crippen molar-refractivity contribution in [2.24, 2.45) is 0 Å². The van der Waals surface area contributed by atoms with Crippen molar-refractivity contribution in [1.29, 1.82) is 0 Å². The van der Waals surface area contributed by atoms with Gasteiger partial charge in [-0.2, -0.15) is 0 Å². The smallest absolute Gasteiger partial charge is 0.151 e. The van der Waals surface area contributed by atoms with Gasteiger partial charge in [-0.3, -0.25) is 0 Å². The van der Waals surface area contributed by atoms with Crippen LogP contribution in [0.15, 0.2) is 0 Å². The second-order valence-corrected chi connectivity index (χ2v) is 2.36. The Hall–Kier alpha value is -0.570. The van der Waals surface area contributed by atoms with Crippen LogP contribution in [0.3, 0.4) is 0 Å². The number of carbonyl (C=O) groups excluding carboxylic acids is 1. The summed E-state index contributed by atoms with van der Waals surface area (Å²) in [5, 5.41) is 43.5. The average molecular weight is 198 g/mol. The highest BCUT2D eigenvalue weighted by atomic mass is 16.4. The van der Waals surface area contributed by atoms with Crippen LogP contribution in [0.5, 0.6) is 0 Å². The van der Waals surface area contributed by atoms with Crippen molar-refractivity contribution >= 4 is 6.29 Å². The largest absolute Gasteiger partial charge is 0.412 e. The molecule has 0 saturated carbocycles. The van der Waals surface area contributed by atoms with E-state index < -0.39 is 31.0 Å². The highest BCUT2D eigenvalue weighted by molar-refractivity contribution is 5.56. The van der Waals surface area contributed by atoms with Crippen LogP contribution in [0.4, 0.5) is 0 Å². The lowest BCUT2D eigenvalue weighted by Gasteiger charge is -2.22. The van der Waals surface area contributed by atoms with E-state index >= 15 is 0 Å². The molecule has 0 amide bonds. The van der Waals surface area contributed by atoms with Gasteiger partial charge in [-0.15, -0.1) is 0 Å². The first-order chi connectivity index (χ1) is 5.54. The normalized spacial score (nSPS) is 19.5. The molecule has 0 aliphatic carbocycles.